The van der Waals surface area contributed by atoms with Crippen LogP contribution in [0, 0.1) is 11.3 Å². The summed E-state index contributed by atoms with van der Waals surface area (Å²) in [6, 6.07) is 14.5. The van der Waals surface area contributed by atoms with E-state index in [2.05, 4.69) is 15.7 Å². The van der Waals surface area contributed by atoms with E-state index in [0.717, 1.165) is 18.7 Å². The highest BCUT2D eigenvalue weighted by Crippen LogP contribution is 2.29. The molecule has 1 heterocycles. The quantitative estimate of drug-likeness (QED) is 0.659. The summed E-state index contributed by atoms with van der Waals surface area (Å²) < 4.78 is 15.3. The molecular formula is C23H25N3O5. The molecule has 0 saturated carbocycles. The maximum atomic E-state index is 13.1. The Hall–Kier alpha value is -3.73. The van der Waals surface area contributed by atoms with Crippen molar-refractivity contribution in [1.29, 1.82) is 5.26 Å². The molecule has 0 aliphatic carbocycles. The largest absolute Gasteiger partial charge is 0.493 e. The highest BCUT2D eigenvalue weighted by molar-refractivity contribution is 5.95. The number of carbonyl (C=O) groups excluding carboxylic acids is 2. The molecule has 1 saturated heterocycles. The molecule has 0 N–H and O–H groups in total. The number of anilines is 1. The number of nitriles is 1. The van der Waals surface area contributed by atoms with Gasteiger partial charge in [-0.2, -0.15) is 5.26 Å². The number of esters is 1. The third kappa shape index (κ3) is 5.45. The van der Waals surface area contributed by atoms with Gasteiger partial charge in [-0.1, -0.05) is 0 Å². The Labute approximate surface area is 181 Å². The molecule has 0 bridgehead atoms. The Bertz CT molecular complexity index is 968. The van der Waals surface area contributed by atoms with Crippen molar-refractivity contribution >= 4 is 17.6 Å². The van der Waals surface area contributed by atoms with Gasteiger partial charge in [0.05, 0.1) is 25.9 Å². The highest BCUT2D eigenvalue weighted by Gasteiger charge is 2.22. The van der Waals surface area contributed by atoms with Crippen LogP contribution in [-0.2, 0) is 9.53 Å². The lowest BCUT2D eigenvalue weighted by atomic mass is 10.1. The van der Waals surface area contributed by atoms with E-state index in [1.807, 2.05) is 17.0 Å². The summed E-state index contributed by atoms with van der Waals surface area (Å²) in [6.07, 6.45) is 0.837. The first-order valence-electron chi connectivity index (χ1n) is 9.97. The number of ether oxygens (including phenoxy) is 3. The molecule has 0 radical (unpaired) electrons. The third-order valence-corrected chi connectivity index (χ3v) is 5.13. The number of nitrogens with zero attached hydrogens (tertiary/aromatic N) is 3. The van der Waals surface area contributed by atoms with E-state index in [-0.39, 0.29) is 12.5 Å². The van der Waals surface area contributed by atoms with E-state index in [1.165, 1.54) is 14.2 Å². The van der Waals surface area contributed by atoms with E-state index in [4.69, 9.17) is 14.7 Å². The van der Waals surface area contributed by atoms with Crippen LogP contribution in [-0.4, -0.2) is 63.8 Å². The van der Waals surface area contributed by atoms with Crippen molar-refractivity contribution < 1.29 is 23.8 Å². The first-order chi connectivity index (χ1) is 15.0. The van der Waals surface area contributed by atoms with Gasteiger partial charge in [-0.25, -0.2) is 4.79 Å². The molecule has 8 nitrogen and oxygen atoms in total. The normalized spacial score (nSPS) is 13.7. The maximum absolute atomic E-state index is 13.1. The van der Waals surface area contributed by atoms with Gasteiger partial charge in [0.15, 0.2) is 18.1 Å². The molecule has 3 rings (SSSR count). The van der Waals surface area contributed by atoms with E-state index < -0.39 is 5.97 Å². The predicted molar refractivity (Wildman–Crippen MR) is 114 cm³/mol. The van der Waals surface area contributed by atoms with Crippen molar-refractivity contribution in [2.24, 2.45) is 0 Å². The SMILES string of the molecule is COC(=O)COc1ccc(C(=O)N2CCCN(c3ccc(C#N)cc3)CC2)cc1OC. The van der Waals surface area contributed by atoms with Crippen LogP contribution in [0.25, 0.3) is 0 Å². The van der Waals surface area contributed by atoms with Gasteiger partial charge in [-0.15, -0.1) is 0 Å². The first kappa shape index (κ1) is 22.0. The summed E-state index contributed by atoms with van der Waals surface area (Å²) in [5.74, 6) is 0.161. The number of rotatable bonds is 6. The topological polar surface area (TPSA) is 92.1 Å². The van der Waals surface area contributed by atoms with Crippen LogP contribution in [0.4, 0.5) is 5.69 Å². The van der Waals surface area contributed by atoms with E-state index in [0.29, 0.717) is 42.3 Å². The molecule has 1 amide bonds. The number of hydrogen-bond donors (Lipinski definition) is 0. The summed E-state index contributed by atoms with van der Waals surface area (Å²) >= 11 is 0. The van der Waals surface area contributed by atoms with Crippen molar-refractivity contribution in [2.75, 3.05) is 51.9 Å². The van der Waals surface area contributed by atoms with Crippen molar-refractivity contribution in [1.82, 2.24) is 4.90 Å². The fraction of sp³-hybridized carbons (Fsp3) is 0.348. The van der Waals surface area contributed by atoms with Gasteiger partial charge in [0.2, 0.25) is 0 Å². The molecule has 1 fully saturated rings. The van der Waals surface area contributed by atoms with Crippen molar-refractivity contribution in [2.45, 2.75) is 6.42 Å². The average Bonchev–Trinajstić information content (AvgIpc) is 3.08. The number of carbonyl (C=O) groups is 2. The third-order valence-electron chi connectivity index (χ3n) is 5.13. The molecule has 2 aromatic carbocycles. The van der Waals surface area contributed by atoms with Crippen LogP contribution in [0.1, 0.15) is 22.3 Å². The van der Waals surface area contributed by atoms with Gasteiger partial charge in [-0.3, -0.25) is 4.79 Å². The average molecular weight is 423 g/mol. The van der Waals surface area contributed by atoms with Crippen LogP contribution >= 0.6 is 0 Å². The molecule has 2 aromatic rings. The minimum absolute atomic E-state index is 0.0838. The molecule has 1 aliphatic rings. The Morgan fingerprint density at radius 3 is 2.45 bits per heavy atom. The summed E-state index contributed by atoms with van der Waals surface area (Å²) in [5.41, 5.74) is 2.17. The van der Waals surface area contributed by atoms with Gasteiger partial charge >= 0.3 is 5.97 Å². The Morgan fingerprint density at radius 1 is 1.00 bits per heavy atom. The monoisotopic (exact) mass is 423 g/mol. The first-order valence-corrected chi connectivity index (χ1v) is 9.97. The van der Waals surface area contributed by atoms with E-state index >= 15 is 0 Å². The highest BCUT2D eigenvalue weighted by atomic mass is 16.6. The lowest BCUT2D eigenvalue weighted by Gasteiger charge is -2.24. The summed E-state index contributed by atoms with van der Waals surface area (Å²) in [7, 11) is 2.77. The second-order valence-corrected chi connectivity index (χ2v) is 7.02. The summed E-state index contributed by atoms with van der Waals surface area (Å²) in [4.78, 5) is 28.4. The summed E-state index contributed by atoms with van der Waals surface area (Å²) in [5, 5.41) is 8.96. The molecule has 8 heteroatoms. The van der Waals surface area contributed by atoms with Crippen molar-refractivity contribution in [3.05, 3.63) is 53.6 Å². The lowest BCUT2D eigenvalue weighted by molar-refractivity contribution is -0.142. The lowest BCUT2D eigenvalue weighted by Crippen LogP contribution is -2.35. The number of benzene rings is 2. The Kier molecular flexibility index (Phi) is 7.33. The number of hydrogen-bond acceptors (Lipinski definition) is 7. The predicted octanol–water partition coefficient (Wildman–Crippen LogP) is 2.47. The number of methoxy groups -OCH3 is 2. The maximum Gasteiger partial charge on any atom is 0.343 e. The molecular weight excluding hydrogens is 398 g/mol. The fourth-order valence-corrected chi connectivity index (χ4v) is 3.42. The molecule has 162 valence electrons. The fourth-order valence-electron chi connectivity index (χ4n) is 3.42. The second-order valence-electron chi connectivity index (χ2n) is 7.02. The zero-order chi connectivity index (χ0) is 22.2. The Balaban J connectivity index is 1.66. The van der Waals surface area contributed by atoms with Crippen LogP contribution in [0.2, 0.25) is 0 Å². The van der Waals surface area contributed by atoms with Crippen molar-refractivity contribution in [3.8, 4) is 17.6 Å². The van der Waals surface area contributed by atoms with Gasteiger partial charge in [-0.05, 0) is 48.9 Å². The van der Waals surface area contributed by atoms with Gasteiger partial charge in [0.1, 0.15) is 0 Å². The van der Waals surface area contributed by atoms with Crippen LogP contribution < -0.4 is 14.4 Å². The molecule has 0 spiro atoms. The zero-order valence-electron chi connectivity index (χ0n) is 17.7. The second kappa shape index (κ2) is 10.3. The molecule has 0 unspecified atom stereocenters. The zero-order valence-corrected chi connectivity index (χ0v) is 17.7. The molecule has 1 aliphatic heterocycles. The smallest absolute Gasteiger partial charge is 0.343 e. The summed E-state index contributed by atoms with van der Waals surface area (Å²) in [6.45, 7) is 2.53. The molecule has 0 aromatic heterocycles. The standard InChI is InChI=1S/C23H25N3O5/c1-29-21-14-18(6-9-20(21)31-16-22(27)30-2)23(28)26-11-3-10-25(12-13-26)19-7-4-17(15-24)5-8-19/h4-9,14H,3,10-13,16H2,1-2H3. The van der Waals surface area contributed by atoms with Crippen molar-refractivity contribution in [3.63, 3.8) is 0 Å². The minimum atomic E-state index is -0.501. The van der Waals surface area contributed by atoms with Crippen LogP contribution in [0.5, 0.6) is 11.5 Å². The Morgan fingerprint density at radius 2 is 1.77 bits per heavy atom. The minimum Gasteiger partial charge on any atom is -0.493 e. The van der Waals surface area contributed by atoms with Gasteiger partial charge < -0.3 is 24.0 Å². The van der Waals surface area contributed by atoms with Crippen LogP contribution in [0.3, 0.4) is 0 Å². The van der Waals surface area contributed by atoms with Gasteiger partial charge in [0, 0.05) is 37.4 Å². The number of amides is 1. The molecule has 0 atom stereocenters. The van der Waals surface area contributed by atoms with E-state index in [9.17, 15) is 9.59 Å². The van der Waals surface area contributed by atoms with Crippen LogP contribution in [0.15, 0.2) is 42.5 Å². The van der Waals surface area contributed by atoms with Gasteiger partial charge in [0.25, 0.3) is 5.91 Å². The van der Waals surface area contributed by atoms with E-state index in [1.54, 1.807) is 30.3 Å². The molecule has 31 heavy (non-hydrogen) atoms.